The van der Waals surface area contributed by atoms with Gasteiger partial charge in [-0.2, -0.15) is 4.31 Å². The number of methoxy groups -OCH3 is 1. The summed E-state index contributed by atoms with van der Waals surface area (Å²) in [5.41, 5.74) is 0.552. The summed E-state index contributed by atoms with van der Waals surface area (Å²) in [6, 6.07) is 13.7. The highest BCUT2D eigenvalue weighted by molar-refractivity contribution is 7.89. The Balaban J connectivity index is 1.75. The van der Waals surface area contributed by atoms with Gasteiger partial charge in [0.2, 0.25) is 26.0 Å². The van der Waals surface area contributed by atoms with Crippen molar-refractivity contribution in [3.63, 3.8) is 0 Å². The first-order valence-corrected chi connectivity index (χ1v) is 14.5. The quantitative estimate of drug-likeness (QED) is 0.467. The average Bonchev–Trinajstić information content (AvgIpc) is 2.83. The van der Waals surface area contributed by atoms with E-state index in [2.05, 4.69) is 10.0 Å². The molecule has 1 amide bonds. The number of anilines is 1. The maximum absolute atomic E-state index is 13.3. The van der Waals surface area contributed by atoms with Gasteiger partial charge in [0, 0.05) is 25.4 Å². The number of carbonyl (C=O) groups excluding carboxylic acids is 1. The zero-order chi connectivity index (χ0) is 25.5. The minimum atomic E-state index is -4.08. The number of hydrogen-bond donors (Lipinski definition) is 2. The summed E-state index contributed by atoms with van der Waals surface area (Å²) >= 11 is 0. The van der Waals surface area contributed by atoms with E-state index < -0.39 is 32.5 Å². The van der Waals surface area contributed by atoms with Gasteiger partial charge in [-0.15, -0.1) is 0 Å². The summed E-state index contributed by atoms with van der Waals surface area (Å²) in [5.74, 6) is -0.254. The predicted molar refractivity (Wildman–Crippen MR) is 134 cm³/mol. The van der Waals surface area contributed by atoms with E-state index in [1.54, 1.807) is 30.3 Å². The number of hydrogen-bond acceptors (Lipinski definition) is 6. The fourth-order valence-corrected chi connectivity index (χ4v) is 6.82. The van der Waals surface area contributed by atoms with Crippen molar-refractivity contribution in [2.75, 3.05) is 32.1 Å². The van der Waals surface area contributed by atoms with E-state index in [1.165, 1.54) is 31.4 Å². The van der Waals surface area contributed by atoms with Gasteiger partial charge in [0.1, 0.15) is 0 Å². The van der Waals surface area contributed by atoms with Crippen molar-refractivity contribution in [2.45, 2.75) is 48.4 Å². The first-order chi connectivity index (χ1) is 16.6. The van der Waals surface area contributed by atoms with Crippen LogP contribution in [-0.4, -0.2) is 59.9 Å². The third kappa shape index (κ3) is 7.34. The highest BCUT2D eigenvalue weighted by atomic mass is 32.2. The largest absolute Gasteiger partial charge is 0.383 e. The lowest BCUT2D eigenvalue weighted by atomic mass is 9.87. The van der Waals surface area contributed by atoms with Crippen LogP contribution in [0.25, 0.3) is 0 Å². The number of rotatable bonds is 11. The molecule has 0 spiro atoms. The Kier molecular flexibility index (Phi) is 9.42. The number of para-hydroxylation sites is 1. The van der Waals surface area contributed by atoms with Crippen LogP contribution in [0.2, 0.25) is 0 Å². The monoisotopic (exact) mass is 523 g/mol. The molecule has 1 saturated carbocycles. The van der Waals surface area contributed by atoms with Gasteiger partial charge in [-0.05, 0) is 55.2 Å². The normalized spacial score (nSPS) is 18.9. The summed E-state index contributed by atoms with van der Waals surface area (Å²) in [7, 11) is -6.43. The number of sulfonamides is 2. The fourth-order valence-electron chi connectivity index (χ4n) is 4.06. The average molecular weight is 524 g/mol. The molecule has 3 rings (SSSR count). The summed E-state index contributed by atoms with van der Waals surface area (Å²) in [6.45, 7) is 1.67. The number of ether oxygens (including phenoxy) is 1. The molecule has 1 aliphatic rings. The molecule has 2 aromatic rings. The van der Waals surface area contributed by atoms with Crippen LogP contribution in [0.5, 0.6) is 0 Å². The van der Waals surface area contributed by atoms with Gasteiger partial charge in [-0.25, -0.2) is 21.6 Å². The Morgan fingerprint density at radius 1 is 0.971 bits per heavy atom. The van der Waals surface area contributed by atoms with Crippen molar-refractivity contribution in [1.29, 1.82) is 0 Å². The Morgan fingerprint density at radius 2 is 1.60 bits per heavy atom. The molecule has 0 bridgehead atoms. The molecule has 1 aliphatic carbocycles. The Labute approximate surface area is 208 Å². The molecule has 9 nitrogen and oxygen atoms in total. The molecular formula is C24H33N3O6S2. The molecule has 0 saturated heterocycles. The molecule has 11 heteroatoms. The van der Waals surface area contributed by atoms with Crippen LogP contribution < -0.4 is 10.0 Å². The molecule has 35 heavy (non-hydrogen) atoms. The maximum Gasteiger partial charge on any atom is 0.243 e. The van der Waals surface area contributed by atoms with Crippen molar-refractivity contribution < 1.29 is 26.4 Å². The van der Waals surface area contributed by atoms with Gasteiger partial charge < -0.3 is 10.1 Å². The van der Waals surface area contributed by atoms with E-state index >= 15 is 0 Å². The number of nitrogens with zero attached hydrogens (tertiary/aromatic N) is 1. The van der Waals surface area contributed by atoms with E-state index in [1.807, 2.05) is 6.92 Å². The zero-order valence-corrected chi connectivity index (χ0v) is 21.6. The van der Waals surface area contributed by atoms with Gasteiger partial charge in [0.15, 0.2) is 0 Å². The molecule has 0 unspecified atom stereocenters. The van der Waals surface area contributed by atoms with E-state index in [0.29, 0.717) is 5.69 Å². The molecule has 2 N–H and O–H groups in total. The number of benzene rings is 2. The number of nitrogens with one attached hydrogen (secondary N) is 2. The summed E-state index contributed by atoms with van der Waals surface area (Å²) in [5, 5.41) is 2.67. The van der Waals surface area contributed by atoms with Crippen LogP contribution in [0, 0.1) is 5.92 Å². The molecule has 2 atom stereocenters. The van der Waals surface area contributed by atoms with Gasteiger partial charge >= 0.3 is 0 Å². The van der Waals surface area contributed by atoms with Crippen molar-refractivity contribution in [3.8, 4) is 0 Å². The van der Waals surface area contributed by atoms with Crippen molar-refractivity contribution in [1.82, 2.24) is 9.03 Å². The second-order valence-electron chi connectivity index (χ2n) is 8.71. The Bertz CT molecular complexity index is 1190. The maximum atomic E-state index is 13.3. The smallest absolute Gasteiger partial charge is 0.243 e. The third-order valence-corrected chi connectivity index (χ3v) is 9.48. The number of carbonyl (C=O) groups is 1. The van der Waals surface area contributed by atoms with Crippen LogP contribution in [0.1, 0.15) is 32.6 Å². The fraction of sp³-hybridized carbons (Fsp3) is 0.458. The number of amides is 1. The highest BCUT2D eigenvalue weighted by Crippen LogP contribution is 2.26. The summed E-state index contributed by atoms with van der Waals surface area (Å²) < 4.78 is 61.1. The SMILES string of the molecule is COCCN(CC(=O)Nc1ccccc1)S(=O)(=O)c1ccc(S(=O)(=O)N[C@@H]2CCCC[C@@H]2C)cc1. The summed E-state index contributed by atoms with van der Waals surface area (Å²) in [6.07, 6.45) is 3.82. The second kappa shape index (κ2) is 12.1. The highest BCUT2D eigenvalue weighted by Gasteiger charge is 2.29. The molecule has 192 valence electrons. The van der Waals surface area contributed by atoms with Gasteiger partial charge in [0.05, 0.1) is 22.9 Å². The van der Waals surface area contributed by atoms with Crippen LogP contribution in [0.15, 0.2) is 64.4 Å². The van der Waals surface area contributed by atoms with E-state index in [9.17, 15) is 21.6 Å². The first kappa shape index (κ1) is 27.3. The zero-order valence-electron chi connectivity index (χ0n) is 20.0. The Morgan fingerprint density at radius 3 is 2.23 bits per heavy atom. The molecule has 0 radical (unpaired) electrons. The lowest BCUT2D eigenvalue weighted by molar-refractivity contribution is -0.116. The predicted octanol–water partition coefficient (Wildman–Crippen LogP) is 2.82. The molecule has 1 fully saturated rings. The molecule has 0 heterocycles. The first-order valence-electron chi connectivity index (χ1n) is 11.6. The van der Waals surface area contributed by atoms with Crippen molar-refractivity contribution >= 4 is 31.6 Å². The molecular weight excluding hydrogens is 490 g/mol. The van der Waals surface area contributed by atoms with Crippen LogP contribution in [-0.2, 0) is 29.6 Å². The van der Waals surface area contributed by atoms with Gasteiger partial charge in [0.25, 0.3) is 0 Å². The summed E-state index contributed by atoms with van der Waals surface area (Å²) in [4.78, 5) is 12.4. The van der Waals surface area contributed by atoms with E-state index in [-0.39, 0.29) is 34.9 Å². The lowest BCUT2D eigenvalue weighted by Gasteiger charge is -2.29. The van der Waals surface area contributed by atoms with E-state index in [0.717, 1.165) is 30.0 Å². The van der Waals surface area contributed by atoms with Gasteiger partial charge in [-0.3, -0.25) is 4.79 Å². The standard InChI is InChI=1S/C24H33N3O6S2/c1-19-8-6-7-11-23(19)26-34(29,30)21-12-14-22(15-13-21)35(31,32)27(16-17-33-2)18-24(28)25-20-9-4-3-5-10-20/h3-5,9-10,12-15,19,23,26H,6-8,11,16-18H2,1-2H3,(H,25,28)/t19-,23+/m0/s1. The minimum absolute atomic E-state index is 0.000476. The minimum Gasteiger partial charge on any atom is -0.383 e. The molecule has 2 aromatic carbocycles. The molecule has 0 aliphatic heterocycles. The third-order valence-electron chi connectivity index (χ3n) is 6.11. The second-order valence-corrected chi connectivity index (χ2v) is 12.4. The molecule has 0 aromatic heterocycles. The van der Waals surface area contributed by atoms with E-state index in [4.69, 9.17) is 4.74 Å². The van der Waals surface area contributed by atoms with Crippen LogP contribution >= 0.6 is 0 Å². The van der Waals surface area contributed by atoms with Crippen molar-refractivity contribution in [3.05, 3.63) is 54.6 Å². The van der Waals surface area contributed by atoms with Crippen molar-refractivity contribution in [2.24, 2.45) is 5.92 Å². The van der Waals surface area contributed by atoms with Gasteiger partial charge in [-0.1, -0.05) is 38.0 Å². The lowest BCUT2D eigenvalue weighted by Crippen LogP contribution is -2.41. The van der Waals surface area contributed by atoms with Crippen LogP contribution in [0.3, 0.4) is 0 Å². The Hall–Kier alpha value is -2.31. The topological polar surface area (TPSA) is 122 Å². The van der Waals surface area contributed by atoms with Crippen LogP contribution in [0.4, 0.5) is 5.69 Å².